The lowest BCUT2D eigenvalue weighted by molar-refractivity contribution is 0.495. The van der Waals surface area contributed by atoms with Crippen LogP contribution < -0.4 is 5.32 Å². The second kappa shape index (κ2) is 6.74. The Labute approximate surface area is 129 Å². The zero-order chi connectivity index (χ0) is 16.1. The molecule has 3 nitrogen and oxygen atoms in total. The molecule has 0 amide bonds. The molecule has 110 valence electrons. The van der Waals surface area contributed by atoms with E-state index in [9.17, 15) is 4.39 Å². The van der Waals surface area contributed by atoms with Crippen LogP contribution in [0, 0.1) is 22.7 Å². The van der Waals surface area contributed by atoms with Gasteiger partial charge < -0.3 is 5.32 Å². The molecule has 0 aliphatic rings. The van der Waals surface area contributed by atoms with Gasteiger partial charge in [0.1, 0.15) is 17.7 Å². The summed E-state index contributed by atoms with van der Waals surface area (Å²) in [5.74, 6) is 0. The summed E-state index contributed by atoms with van der Waals surface area (Å²) in [6.07, 6.45) is 0.401. The van der Waals surface area contributed by atoms with Crippen LogP contribution in [0.5, 0.6) is 0 Å². The maximum Gasteiger partial charge on any atom is 0.133 e. The van der Waals surface area contributed by atoms with E-state index in [1.807, 2.05) is 42.5 Å². The van der Waals surface area contributed by atoms with Crippen molar-refractivity contribution in [3.8, 4) is 12.1 Å². The van der Waals surface area contributed by atoms with E-state index in [1.165, 1.54) is 0 Å². The lowest BCUT2D eigenvalue weighted by atomic mass is 9.95. The lowest BCUT2D eigenvalue weighted by Crippen LogP contribution is -1.97. The van der Waals surface area contributed by atoms with Crippen LogP contribution >= 0.6 is 0 Å². The van der Waals surface area contributed by atoms with Crippen LogP contribution in [0.1, 0.15) is 18.1 Å². The number of hydrogen-bond donors (Lipinski definition) is 1. The fourth-order valence-corrected chi connectivity index (χ4v) is 2.55. The highest BCUT2D eigenvalue weighted by molar-refractivity contribution is 6.00. The van der Waals surface area contributed by atoms with Crippen molar-refractivity contribution >= 4 is 22.0 Å². The molecular weight excluding hydrogens is 277 g/mol. The molecule has 0 bridgehead atoms. The first-order valence-corrected chi connectivity index (χ1v) is 6.97. The molecule has 2 aromatic carbocycles. The van der Waals surface area contributed by atoms with Gasteiger partial charge in [-0.1, -0.05) is 30.3 Å². The Balaban J connectivity index is 2.70. The number of alkyl halides is 1. The van der Waals surface area contributed by atoms with Gasteiger partial charge in [0, 0.05) is 30.1 Å². The molecule has 0 atom stereocenters. The van der Waals surface area contributed by atoms with E-state index in [-0.39, 0.29) is 12.2 Å². The van der Waals surface area contributed by atoms with E-state index in [0.29, 0.717) is 12.0 Å². The van der Waals surface area contributed by atoms with Crippen molar-refractivity contribution in [3.63, 3.8) is 0 Å². The van der Waals surface area contributed by atoms with E-state index in [4.69, 9.17) is 10.5 Å². The molecule has 0 saturated carbocycles. The molecular formula is C18H16FN3. The standard InChI is InChI=1S/C18H16FN3/c1-12(15(10-20)11-21)16-6-4-14-9-13(7-8-19)3-5-17(14)18(16)22-2/h3-6,9,22H,7-8H2,1-2H3. The highest BCUT2D eigenvalue weighted by Crippen LogP contribution is 2.33. The van der Waals surface area contributed by atoms with Crippen molar-refractivity contribution < 1.29 is 4.39 Å². The average Bonchev–Trinajstić information content (AvgIpc) is 2.54. The summed E-state index contributed by atoms with van der Waals surface area (Å²) in [5, 5.41) is 23.2. The maximum absolute atomic E-state index is 12.5. The number of rotatable bonds is 4. The smallest absolute Gasteiger partial charge is 0.133 e. The van der Waals surface area contributed by atoms with Crippen molar-refractivity contribution in [1.29, 1.82) is 10.5 Å². The van der Waals surface area contributed by atoms with Crippen molar-refractivity contribution in [2.24, 2.45) is 0 Å². The Morgan fingerprint density at radius 3 is 2.50 bits per heavy atom. The second-order valence-electron chi connectivity index (χ2n) is 4.96. The minimum absolute atomic E-state index is 0.102. The van der Waals surface area contributed by atoms with Gasteiger partial charge in [-0.3, -0.25) is 4.39 Å². The normalized spacial score (nSPS) is 9.86. The first-order chi connectivity index (χ1) is 10.7. The van der Waals surface area contributed by atoms with Crippen LogP contribution in [0.4, 0.5) is 10.1 Å². The van der Waals surface area contributed by atoms with Gasteiger partial charge in [0.2, 0.25) is 0 Å². The second-order valence-corrected chi connectivity index (χ2v) is 4.96. The SMILES string of the molecule is CNc1c(C(C)=C(C#N)C#N)ccc2cc(CCF)ccc12. The minimum Gasteiger partial charge on any atom is -0.387 e. The molecule has 1 N–H and O–H groups in total. The van der Waals surface area contributed by atoms with E-state index in [1.54, 1.807) is 14.0 Å². The van der Waals surface area contributed by atoms with E-state index in [0.717, 1.165) is 27.6 Å². The number of hydrogen-bond acceptors (Lipinski definition) is 3. The zero-order valence-electron chi connectivity index (χ0n) is 12.6. The molecule has 0 heterocycles. The third kappa shape index (κ3) is 2.77. The summed E-state index contributed by atoms with van der Waals surface area (Å²) < 4.78 is 12.5. The van der Waals surface area contributed by atoms with Gasteiger partial charge in [0.25, 0.3) is 0 Å². The monoisotopic (exact) mass is 293 g/mol. The molecule has 0 aliphatic carbocycles. The number of nitrogens with one attached hydrogen (secondary N) is 1. The molecule has 0 fully saturated rings. The van der Waals surface area contributed by atoms with Crippen LogP contribution in [0.15, 0.2) is 35.9 Å². The number of nitrogens with zero attached hydrogens (tertiary/aromatic N) is 2. The molecule has 22 heavy (non-hydrogen) atoms. The van der Waals surface area contributed by atoms with E-state index < -0.39 is 0 Å². The van der Waals surface area contributed by atoms with Crippen molar-refractivity contribution in [1.82, 2.24) is 0 Å². The highest BCUT2D eigenvalue weighted by atomic mass is 19.1. The Morgan fingerprint density at radius 2 is 1.91 bits per heavy atom. The number of nitriles is 2. The topological polar surface area (TPSA) is 59.6 Å². The van der Waals surface area contributed by atoms with Crippen molar-refractivity contribution in [2.45, 2.75) is 13.3 Å². The fourth-order valence-electron chi connectivity index (χ4n) is 2.55. The van der Waals surface area contributed by atoms with Crippen LogP contribution in [0.3, 0.4) is 0 Å². The number of allylic oxidation sites excluding steroid dienone is 2. The van der Waals surface area contributed by atoms with Crippen molar-refractivity contribution in [2.75, 3.05) is 19.0 Å². The summed E-state index contributed by atoms with van der Waals surface area (Å²) in [6, 6.07) is 13.5. The van der Waals surface area contributed by atoms with E-state index >= 15 is 0 Å². The highest BCUT2D eigenvalue weighted by Gasteiger charge is 2.12. The largest absolute Gasteiger partial charge is 0.387 e. The lowest BCUT2D eigenvalue weighted by Gasteiger charge is -2.14. The predicted molar refractivity (Wildman–Crippen MR) is 87.0 cm³/mol. The molecule has 0 unspecified atom stereocenters. The van der Waals surface area contributed by atoms with Gasteiger partial charge in [-0.05, 0) is 23.4 Å². The van der Waals surface area contributed by atoms with Gasteiger partial charge in [-0.2, -0.15) is 10.5 Å². The number of fused-ring (bicyclic) bond motifs is 1. The number of aryl methyl sites for hydroxylation is 1. The van der Waals surface area contributed by atoms with Gasteiger partial charge >= 0.3 is 0 Å². The number of benzene rings is 2. The van der Waals surface area contributed by atoms with Gasteiger partial charge in [-0.15, -0.1) is 0 Å². The van der Waals surface area contributed by atoms with Crippen LogP contribution in [0.25, 0.3) is 16.3 Å². The third-order valence-electron chi connectivity index (χ3n) is 3.72. The summed E-state index contributed by atoms with van der Waals surface area (Å²) in [7, 11) is 1.81. The summed E-state index contributed by atoms with van der Waals surface area (Å²) >= 11 is 0. The van der Waals surface area contributed by atoms with Gasteiger partial charge in [0.15, 0.2) is 0 Å². The molecule has 0 saturated heterocycles. The Hall–Kier alpha value is -2.85. The Morgan fingerprint density at radius 1 is 1.18 bits per heavy atom. The molecule has 4 heteroatoms. The van der Waals surface area contributed by atoms with Crippen LogP contribution in [0.2, 0.25) is 0 Å². The van der Waals surface area contributed by atoms with Gasteiger partial charge in [0.05, 0.1) is 6.67 Å². The van der Waals surface area contributed by atoms with Crippen molar-refractivity contribution in [3.05, 3.63) is 47.0 Å². The van der Waals surface area contributed by atoms with Gasteiger partial charge in [-0.25, -0.2) is 0 Å². The Bertz CT molecular complexity index is 807. The number of halogens is 1. The minimum atomic E-state index is -0.377. The van der Waals surface area contributed by atoms with Crippen LogP contribution in [-0.2, 0) is 6.42 Å². The quantitative estimate of drug-likeness (QED) is 0.859. The molecule has 0 aromatic heterocycles. The zero-order valence-corrected chi connectivity index (χ0v) is 12.6. The molecule has 0 spiro atoms. The summed E-state index contributed by atoms with van der Waals surface area (Å²) in [5.41, 5.74) is 3.39. The molecule has 0 radical (unpaired) electrons. The summed E-state index contributed by atoms with van der Waals surface area (Å²) in [4.78, 5) is 0. The molecule has 2 rings (SSSR count). The first-order valence-electron chi connectivity index (χ1n) is 6.97. The molecule has 0 aliphatic heterocycles. The van der Waals surface area contributed by atoms with Crippen LogP contribution in [-0.4, -0.2) is 13.7 Å². The number of anilines is 1. The molecule has 2 aromatic rings. The fraction of sp³-hybridized carbons (Fsp3) is 0.222. The van der Waals surface area contributed by atoms with E-state index in [2.05, 4.69) is 5.32 Å². The average molecular weight is 293 g/mol. The summed E-state index contributed by atoms with van der Waals surface area (Å²) in [6.45, 7) is 1.39. The maximum atomic E-state index is 12.5. The Kier molecular flexibility index (Phi) is 4.76. The predicted octanol–water partition coefficient (Wildman–Crippen LogP) is 4.21. The third-order valence-corrected chi connectivity index (χ3v) is 3.72. The first kappa shape index (κ1) is 15.5.